The van der Waals surface area contributed by atoms with Gasteiger partial charge in [-0.05, 0) is 12.1 Å². The summed E-state index contributed by atoms with van der Waals surface area (Å²) in [7, 11) is 1.59. The molecule has 0 unspecified atom stereocenters. The summed E-state index contributed by atoms with van der Waals surface area (Å²) < 4.78 is 13.7. The quantitative estimate of drug-likeness (QED) is 0.572. The van der Waals surface area contributed by atoms with E-state index < -0.39 is 12.0 Å². The third kappa shape index (κ3) is 2.12. The first-order chi connectivity index (χ1) is 10.4. The minimum absolute atomic E-state index is 0.127. The van der Waals surface area contributed by atoms with Gasteiger partial charge < -0.3 is 14.7 Å². The first-order valence-electron chi connectivity index (χ1n) is 6.75. The van der Waals surface area contributed by atoms with Crippen LogP contribution in [0.5, 0.6) is 0 Å². The second-order valence-corrected chi connectivity index (χ2v) is 5.61. The zero-order chi connectivity index (χ0) is 16.0. The van der Waals surface area contributed by atoms with E-state index in [2.05, 4.69) is 11.6 Å². The number of fused-ring (bicyclic) bond motifs is 3. The lowest BCUT2D eigenvalue weighted by Crippen LogP contribution is -2.63. The highest BCUT2D eigenvalue weighted by molar-refractivity contribution is 6.31. The normalized spacial score (nSPS) is 20.6. The van der Waals surface area contributed by atoms with Gasteiger partial charge in [0.1, 0.15) is 6.04 Å². The molecule has 1 aromatic heterocycles. The van der Waals surface area contributed by atoms with Gasteiger partial charge in [-0.15, -0.1) is 0 Å². The average Bonchev–Trinajstić information content (AvgIpc) is 2.53. The van der Waals surface area contributed by atoms with E-state index in [0.717, 1.165) is 0 Å². The lowest BCUT2D eigenvalue weighted by atomic mass is 10.1. The van der Waals surface area contributed by atoms with Gasteiger partial charge in [0.15, 0.2) is 5.82 Å². The molecular formula is C14H14ClFN4O2. The van der Waals surface area contributed by atoms with Crippen LogP contribution in [0.25, 0.3) is 0 Å². The van der Waals surface area contributed by atoms with Gasteiger partial charge in [0.25, 0.3) is 5.91 Å². The van der Waals surface area contributed by atoms with Crippen molar-refractivity contribution >= 4 is 34.9 Å². The summed E-state index contributed by atoms with van der Waals surface area (Å²) in [4.78, 5) is 32.8. The highest BCUT2D eigenvalue weighted by Crippen LogP contribution is 2.37. The second-order valence-electron chi connectivity index (χ2n) is 5.20. The maximum absolute atomic E-state index is 13.7. The lowest BCUT2D eigenvalue weighted by Gasteiger charge is -2.46. The van der Waals surface area contributed by atoms with Gasteiger partial charge in [-0.2, -0.15) is 9.37 Å². The summed E-state index contributed by atoms with van der Waals surface area (Å²) in [5.41, 5.74) is 0.469. The highest BCUT2D eigenvalue weighted by Gasteiger charge is 2.42. The van der Waals surface area contributed by atoms with Crippen molar-refractivity contribution in [2.45, 2.75) is 6.04 Å². The SMILES string of the molecule is C=CC(=O)N1CCN2c3nc(F)c(Cl)cc3N(C)C(=O)[C@H]2C1. The molecule has 22 heavy (non-hydrogen) atoms. The second kappa shape index (κ2) is 5.24. The Kier molecular flexibility index (Phi) is 3.52. The molecule has 0 aliphatic carbocycles. The maximum atomic E-state index is 13.7. The van der Waals surface area contributed by atoms with E-state index in [-0.39, 0.29) is 23.4 Å². The van der Waals surface area contributed by atoms with E-state index in [1.165, 1.54) is 17.0 Å². The molecule has 3 heterocycles. The predicted octanol–water partition coefficient (Wildman–Crippen LogP) is 1.05. The zero-order valence-electron chi connectivity index (χ0n) is 11.9. The molecule has 2 aliphatic heterocycles. The van der Waals surface area contributed by atoms with Crippen LogP contribution in [0, 0.1) is 5.95 Å². The van der Waals surface area contributed by atoms with Crippen molar-refractivity contribution in [1.82, 2.24) is 9.88 Å². The molecule has 0 saturated carbocycles. The van der Waals surface area contributed by atoms with Crippen LogP contribution in [0.4, 0.5) is 15.9 Å². The number of anilines is 2. The molecule has 0 spiro atoms. The molecule has 1 atom stereocenters. The molecule has 0 radical (unpaired) electrons. The summed E-state index contributed by atoms with van der Waals surface area (Å²) in [6.45, 7) is 4.49. The number of rotatable bonds is 1. The summed E-state index contributed by atoms with van der Waals surface area (Å²) >= 11 is 5.76. The Morgan fingerprint density at radius 3 is 2.95 bits per heavy atom. The highest BCUT2D eigenvalue weighted by atomic mass is 35.5. The van der Waals surface area contributed by atoms with Crippen molar-refractivity contribution in [1.29, 1.82) is 0 Å². The van der Waals surface area contributed by atoms with Crippen LogP contribution in [0.2, 0.25) is 5.02 Å². The van der Waals surface area contributed by atoms with E-state index in [1.807, 2.05) is 0 Å². The van der Waals surface area contributed by atoms with Crippen molar-refractivity contribution in [2.75, 3.05) is 36.5 Å². The molecule has 2 aliphatic rings. The van der Waals surface area contributed by atoms with Gasteiger partial charge in [0, 0.05) is 20.1 Å². The molecule has 3 rings (SSSR count). The van der Waals surface area contributed by atoms with Crippen LogP contribution in [0.1, 0.15) is 0 Å². The number of aromatic nitrogens is 1. The predicted molar refractivity (Wildman–Crippen MR) is 80.5 cm³/mol. The largest absolute Gasteiger partial charge is 0.339 e. The number of piperazine rings is 1. The van der Waals surface area contributed by atoms with Crippen molar-refractivity contribution in [3.05, 3.63) is 29.7 Å². The topological polar surface area (TPSA) is 56.8 Å². The Morgan fingerprint density at radius 1 is 1.55 bits per heavy atom. The molecule has 1 saturated heterocycles. The Bertz CT molecular complexity index is 681. The molecule has 1 fully saturated rings. The molecule has 0 aromatic carbocycles. The smallest absolute Gasteiger partial charge is 0.251 e. The number of pyridine rings is 1. The molecule has 1 aromatic rings. The van der Waals surface area contributed by atoms with Gasteiger partial charge in [-0.1, -0.05) is 18.2 Å². The monoisotopic (exact) mass is 324 g/mol. The van der Waals surface area contributed by atoms with E-state index in [1.54, 1.807) is 16.8 Å². The molecule has 8 heteroatoms. The number of hydrogen-bond donors (Lipinski definition) is 0. The van der Waals surface area contributed by atoms with Crippen molar-refractivity contribution in [3.8, 4) is 0 Å². The molecule has 2 amide bonds. The fraction of sp³-hybridized carbons (Fsp3) is 0.357. The van der Waals surface area contributed by atoms with Crippen LogP contribution < -0.4 is 9.80 Å². The molecule has 6 nitrogen and oxygen atoms in total. The van der Waals surface area contributed by atoms with Gasteiger partial charge in [-0.25, -0.2) is 0 Å². The third-order valence-electron chi connectivity index (χ3n) is 4.01. The van der Waals surface area contributed by atoms with Crippen LogP contribution in [0.3, 0.4) is 0 Å². The standard InChI is InChI=1S/C14H14ClFN4O2/c1-3-11(21)19-4-5-20-10(7-19)14(22)18(2)9-6-8(15)12(16)17-13(9)20/h3,6,10H,1,4-5,7H2,2H3/t10-/m1/s1. The fourth-order valence-corrected chi connectivity index (χ4v) is 2.97. The summed E-state index contributed by atoms with van der Waals surface area (Å²) in [5.74, 6) is -0.805. The first-order valence-corrected chi connectivity index (χ1v) is 7.13. The van der Waals surface area contributed by atoms with Gasteiger partial charge in [0.05, 0.1) is 17.3 Å². The summed E-state index contributed by atoms with van der Waals surface area (Å²) in [6, 6.07) is 0.817. The molecule has 0 bridgehead atoms. The Hall–Kier alpha value is -2.15. The van der Waals surface area contributed by atoms with E-state index >= 15 is 0 Å². The molecule has 0 N–H and O–H groups in total. The van der Waals surface area contributed by atoms with Gasteiger partial charge in [0.2, 0.25) is 11.9 Å². The van der Waals surface area contributed by atoms with Crippen LogP contribution in [-0.4, -0.2) is 54.4 Å². The Morgan fingerprint density at radius 2 is 2.27 bits per heavy atom. The number of amides is 2. The lowest BCUT2D eigenvalue weighted by molar-refractivity contribution is -0.128. The van der Waals surface area contributed by atoms with Gasteiger partial charge >= 0.3 is 0 Å². The summed E-state index contributed by atoms with van der Waals surface area (Å²) in [6.07, 6.45) is 1.22. The van der Waals surface area contributed by atoms with Gasteiger partial charge in [-0.3, -0.25) is 9.59 Å². The fourth-order valence-electron chi connectivity index (χ4n) is 2.83. The third-order valence-corrected chi connectivity index (χ3v) is 4.27. The van der Waals surface area contributed by atoms with Crippen molar-refractivity contribution in [2.24, 2.45) is 0 Å². The average molecular weight is 325 g/mol. The van der Waals surface area contributed by atoms with Crippen molar-refractivity contribution in [3.63, 3.8) is 0 Å². The Labute approximate surface area is 131 Å². The zero-order valence-corrected chi connectivity index (χ0v) is 12.7. The van der Waals surface area contributed by atoms with E-state index in [4.69, 9.17) is 11.6 Å². The van der Waals surface area contributed by atoms with Crippen LogP contribution in [0.15, 0.2) is 18.7 Å². The van der Waals surface area contributed by atoms with Crippen molar-refractivity contribution < 1.29 is 14.0 Å². The van der Waals surface area contributed by atoms with E-state index in [0.29, 0.717) is 24.6 Å². The number of likely N-dealkylation sites (N-methyl/N-ethyl adjacent to an activating group) is 1. The number of hydrogen-bond acceptors (Lipinski definition) is 4. The number of carbonyl (C=O) groups is 2. The van der Waals surface area contributed by atoms with E-state index in [9.17, 15) is 14.0 Å². The van der Waals surface area contributed by atoms with Crippen LogP contribution in [-0.2, 0) is 9.59 Å². The number of carbonyl (C=O) groups excluding carboxylic acids is 2. The summed E-state index contributed by atoms with van der Waals surface area (Å²) in [5, 5.41) is -0.127. The number of nitrogens with zero attached hydrogens (tertiary/aromatic N) is 4. The number of halogens is 2. The first kappa shape index (κ1) is 14.8. The Balaban J connectivity index is 2.01. The molecule has 116 valence electrons. The minimum Gasteiger partial charge on any atom is -0.339 e. The molecular weight excluding hydrogens is 311 g/mol. The maximum Gasteiger partial charge on any atom is 0.251 e. The van der Waals surface area contributed by atoms with Crippen LogP contribution >= 0.6 is 11.6 Å². The minimum atomic E-state index is -0.772.